The average Bonchev–Trinajstić information content (AvgIpc) is 2.26. The summed E-state index contributed by atoms with van der Waals surface area (Å²) < 4.78 is 25.5. The van der Waals surface area contributed by atoms with E-state index >= 15 is 0 Å². The normalized spacial score (nSPS) is 12.9. The molecule has 0 spiro atoms. The summed E-state index contributed by atoms with van der Waals surface area (Å²) in [6, 6.07) is 4.74. The minimum atomic E-state index is -2.56. The molecule has 0 aliphatic heterocycles. The SMILES string of the molecule is CCc1ccc(C(F)F)c(C(Br)C(C)=O)c1. The summed E-state index contributed by atoms with van der Waals surface area (Å²) in [6.07, 6.45) is -1.80. The van der Waals surface area contributed by atoms with E-state index in [1.807, 2.05) is 6.92 Å². The van der Waals surface area contributed by atoms with Crippen LogP contribution in [0.3, 0.4) is 0 Å². The first-order valence-electron chi connectivity index (χ1n) is 5.02. The predicted octanol–water partition coefficient (Wildman–Crippen LogP) is 4.21. The molecular formula is C12H13BrF2O. The van der Waals surface area contributed by atoms with Crippen molar-refractivity contribution < 1.29 is 13.6 Å². The van der Waals surface area contributed by atoms with E-state index < -0.39 is 11.3 Å². The zero-order valence-corrected chi connectivity index (χ0v) is 10.7. The highest BCUT2D eigenvalue weighted by Gasteiger charge is 2.21. The Morgan fingerprint density at radius 2 is 2.00 bits per heavy atom. The van der Waals surface area contributed by atoms with Gasteiger partial charge < -0.3 is 0 Å². The molecule has 1 nitrogen and oxygen atoms in total. The Bertz CT molecular complexity index is 391. The Morgan fingerprint density at radius 1 is 1.38 bits per heavy atom. The number of ketones is 1. The average molecular weight is 291 g/mol. The lowest BCUT2D eigenvalue weighted by atomic mass is 9.99. The molecule has 0 saturated heterocycles. The summed E-state index contributed by atoms with van der Waals surface area (Å²) in [4.78, 5) is 10.6. The zero-order chi connectivity index (χ0) is 12.3. The Morgan fingerprint density at radius 3 is 2.44 bits per heavy atom. The van der Waals surface area contributed by atoms with E-state index in [1.165, 1.54) is 13.0 Å². The molecule has 4 heteroatoms. The number of hydrogen-bond donors (Lipinski definition) is 0. The number of Topliss-reactive ketones (excluding diaryl/α,β-unsaturated/α-hetero) is 1. The highest BCUT2D eigenvalue weighted by Crippen LogP contribution is 2.33. The number of rotatable bonds is 4. The summed E-state index contributed by atoms with van der Waals surface area (Å²) in [5.74, 6) is -0.171. The second-order valence-corrected chi connectivity index (χ2v) is 4.51. The molecule has 0 radical (unpaired) electrons. The molecule has 1 aromatic rings. The van der Waals surface area contributed by atoms with Gasteiger partial charge >= 0.3 is 0 Å². The monoisotopic (exact) mass is 290 g/mol. The van der Waals surface area contributed by atoms with Crippen LogP contribution in [0.1, 0.15) is 41.8 Å². The van der Waals surface area contributed by atoms with Crippen LogP contribution in [0.4, 0.5) is 8.78 Å². The van der Waals surface area contributed by atoms with Crippen LogP contribution in [0, 0.1) is 0 Å². The first kappa shape index (κ1) is 13.3. The summed E-state index contributed by atoms with van der Waals surface area (Å²) in [6.45, 7) is 3.32. The maximum absolute atomic E-state index is 12.8. The van der Waals surface area contributed by atoms with Gasteiger partial charge in [0.2, 0.25) is 0 Å². The van der Waals surface area contributed by atoms with Gasteiger partial charge in [-0.15, -0.1) is 0 Å². The highest BCUT2D eigenvalue weighted by molar-refractivity contribution is 9.09. The van der Waals surface area contributed by atoms with E-state index in [9.17, 15) is 13.6 Å². The van der Waals surface area contributed by atoms with Gasteiger partial charge in [-0.25, -0.2) is 8.78 Å². The molecule has 0 aliphatic carbocycles. The first-order chi connectivity index (χ1) is 7.47. The highest BCUT2D eigenvalue weighted by atomic mass is 79.9. The number of aryl methyl sites for hydroxylation is 1. The standard InChI is InChI=1S/C12H13BrF2O/c1-3-8-4-5-9(12(14)15)10(6-8)11(13)7(2)16/h4-6,11-12H,3H2,1-2H3. The molecule has 1 aromatic carbocycles. The molecule has 1 unspecified atom stereocenters. The summed E-state index contributed by atoms with van der Waals surface area (Å²) >= 11 is 3.15. The number of halogens is 3. The van der Waals surface area contributed by atoms with Crippen molar-refractivity contribution in [3.63, 3.8) is 0 Å². The molecule has 0 bridgehead atoms. The van der Waals surface area contributed by atoms with Crippen LogP contribution in [-0.4, -0.2) is 5.78 Å². The van der Waals surface area contributed by atoms with Gasteiger partial charge in [-0.05, 0) is 24.5 Å². The van der Waals surface area contributed by atoms with Crippen LogP contribution in [0.2, 0.25) is 0 Å². The largest absolute Gasteiger partial charge is 0.298 e. The fraction of sp³-hybridized carbons (Fsp3) is 0.417. The molecule has 0 N–H and O–H groups in total. The molecule has 0 fully saturated rings. The number of hydrogen-bond acceptors (Lipinski definition) is 1. The van der Waals surface area contributed by atoms with Crippen molar-refractivity contribution in [2.24, 2.45) is 0 Å². The van der Waals surface area contributed by atoms with Crippen molar-refractivity contribution in [1.29, 1.82) is 0 Å². The Kier molecular flexibility index (Phi) is 4.59. The van der Waals surface area contributed by atoms with Crippen LogP contribution >= 0.6 is 15.9 Å². The molecule has 0 aromatic heterocycles. The minimum Gasteiger partial charge on any atom is -0.298 e. The van der Waals surface area contributed by atoms with Gasteiger partial charge in [0.15, 0.2) is 0 Å². The maximum atomic E-state index is 12.8. The fourth-order valence-corrected chi connectivity index (χ4v) is 1.88. The predicted molar refractivity (Wildman–Crippen MR) is 63.1 cm³/mol. The third-order valence-electron chi connectivity index (χ3n) is 2.42. The van der Waals surface area contributed by atoms with Gasteiger partial charge in [0.1, 0.15) is 5.78 Å². The molecule has 0 heterocycles. The third-order valence-corrected chi connectivity index (χ3v) is 3.56. The van der Waals surface area contributed by atoms with E-state index in [4.69, 9.17) is 0 Å². The lowest BCUT2D eigenvalue weighted by Crippen LogP contribution is -2.06. The summed E-state index contributed by atoms with van der Waals surface area (Å²) in [5.41, 5.74) is 1.25. The van der Waals surface area contributed by atoms with Gasteiger partial charge in [-0.2, -0.15) is 0 Å². The van der Waals surface area contributed by atoms with E-state index in [1.54, 1.807) is 12.1 Å². The lowest BCUT2D eigenvalue weighted by Gasteiger charge is -2.13. The second-order valence-electron chi connectivity index (χ2n) is 3.59. The van der Waals surface area contributed by atoms with Gasteiger partial charge in [-0.1, -0.05) is 41.1 Å². The van der Waals surface area contributed by atoms with Crippen molar-refractivity contribution in [1.82, 2.24) is 0 Å². The van der Waals surface area contributed by atoms with E-state index in [0.29, 0.717) is 5.56 Å². The number of benzene rings is 1. The van der Waals surface area contributed by atoms with Crippen LogP contribution in [0.25, 0.3) is 0 Å². The second kappa shape index (κ2) is 5.53. The molecule has 0 amide bonds. The van der Waals surface area contributed by atoms with E-state index in [0.717, 1.165) is 12.0 Å². The fourth-order valence-electron chi connectivity index (χ4n) is 1.48. The van der Waals surface area contributed by atoms with Gasteiger partial charge in [-0.3, -0.25) is 4.79 Å². The third kappa shape index (κ3) is 2.88. The number of alkyl halides is 3. The molecule has 1 rings (SSSR count). The van der Waals surface area contributed by atoms with Crippen LogP contribution < -0.4 is 0 Å². The smallest absolute Gasteiger partial charge is 0.264 e. The van der Waals surface area contributed by atoms with Crippen LogP contribution in [-0.2, 0) is 11.2 Å². The van der Waals surface area contributed by atoms with E-state index in [2.05, 4.69) is 15.9 Å². The molecule has 16 heavy (non-hydrogen) atoms. The number of carbonyl (C=O) groups excluding carboxylic acids is 1. The van der Waals surface area contributed by atoms with Crippen LogP contribution in [0.5, 0.6) is 0 Å². The summed E-state index contributed by atoms with van der Waals surface area (Å²) in [5, 5.41) is 0. The van der Waals surface area contributed by atoms with Crippen molar-refractivity contribution in [2.75, 3.05) is 0 Å². The molecule has 0 saturated carbocycles. The van der Waals surface area contributed by atoms with Gasteiger partial charge in [0.25, 0.3) is 6.43 Å². The Hall–Kier alpha value is -0.770. The van der Waals surface area contributed by atoms with Crippen molar-refractivity contribution in [2.45, 2.75) is 31.5 Å². The molecule has 1 atom stereocenters. The Labute approximate surface area is 102 Å². The lowest BCUT2D eigenvalue weighted by molar-refractivity contribution is -0.116. The zero-order valence-electron chi connectivity index (χ0n) is 9.14. The molecular weight excluding hydrogens is 278 g/mol. The molecule has 0 aliphatic rings. The topological polar surface area (TPSA) is 17.1 Å². The molecule has 88 valence electrons. The van der Waals surface area contributed by atoms with Gasteiger partial charge in [0.05, 0.1) is 4.83 Å². The van der Waals surface area contributed by atoms with Crippen LogP contribution in [0.15, 0.2) is 18.2 Å². The van der Waals surface area contributed by atoms with Crippen molar-refractivity contribution >= 4 is 21.7 Å². The van der Waals surface area contributed by atoms with Crippen molar-refractivity contribution in [3.8, 4) is 0 Å². The number of carbonyl (C=O) groups is 1. The minimum absolute atomic E-state index is 0.0747. The van der Waals surface area contributed by atoms with Crippen molar-refractivity contribution in [3.05, 3.63) is 34.9 Å². The first-order valence-corrected chi connectivity index (χ1v) is 5.94. The maximum Gasteiger partial charge on any atom is 0.264 e. The quantitative estimate of drug-likeness (QED) is 0.759. The Balaban J connectivity index is 3.25. The summed E-state index contributed by atoms with van der Waals surface area (Å²) in [7, 11) is 0. The van der Waals surface area contributed by atoms with Gasteiger partial charge in [0, 0.05) is 5.56 Å². The van der Waals surface area contributed by atoms with E-state index in [-0.39, 0.29) is 11.3 Å².